The van der Waals surface area contributed by atoms with Crippen molar-refractivity contribution in [2.24, 2.45) is 5.41 Å². The standard InChI is InChI=1S/C12H22BrN/c1-11-5-3-2-4-8-14(11)10-12(9-13)6-7-12/h11H,2-10H2,1H3. The van der Waals surface area contributed by atoms with E-state index in [9.17, 15) is 0 Å². The van der Waals surface area contributed by atoms with Crippen molar-refractivity contribution < 1.29 is 0 Å². The molecule has 1 aliphatic heterocycles. The predicted octanol–water partition coefficient (Wildman–Crippen LogP) is 3.43. The summed E-state index contributed by atoms with van der Waals surface area (Å²) in [5.41, 5.74) is 0.665. The first kappa shape index (κ1) is 10.9. The van der Waals surface area contributed by atoms with Gasteiger partial charge in [0.2, 0.25) is 0 Å². The maximum Gasteiger partial charge on any atom is 0.0100 e. The fraction of sp³-hybridized carbons (Fsp3) is 1.00. The van der Waals surface area contributed by atoms with Crippen molar-refractivity contribution in [2.75, 3.05) is 18.4 Å². The molecule has 1 atom stereocenters. The van der Waals surface area contributed by atoms with Crippen molar-refractivity contribution in [3.63, 3.8) is 0 Å². The molecule has 2 fully saturated rings. The Hall–Kier alpha value is 0.440. The van der Waals surface area contributed by atoms with Crippen LogP contribution in [0.4, 0.5) is 0 Å². The van der Waals surface area contributed by atoms with Gasteiger partial charge in [-0.3, -0.25) is 0 Å². The van der Waals surface area contributed by atoms with Gasteiger partial charge >= 0.3 is 0 Å². The van der Waals surface area contributed by atoms with Crippen LogP contribution in [0.1, 0.15) is 45.4 Å². The van der Waals surface area contributed by atoms with Crippen LogP contribution in [0.5, 0.6) is 0 Å². The Morgan fingerprint density at radius 2 is 2.07 bits per heavy atom. The third-order valence-electron chi connectivity index (χ3n) is 3.97. The highest BCUT2D eigenvalue weighted by Gasteiger charge is 2.43. The highest BCUT2D eigenvalue weighted by Crippen LogP contribution is 2.48. The molecular formula is C12H22BrN. The Bertz CT molecular complexity index is 189. The fourth-order valence-corrected chi connectivity index (χ4v) is 3.25. The number of likely N-dealkylation sites (tertiary alicyclic amines) is 1. The van der Waals surface area contributed by atoms with E-state index in [1.54, 1.807) is 0 Å². The topological polar surface area (TPSA) is 3.24 Å². The quantitative estimate of drug-likeness (QED) is 0.703. The third-order valence-corrected chi connectivity index (χ3v) is 5.16. The van der Waals surface area contributed by atoms with Crippen LogP contribution in [-0.4, -0.2) is 29.4 Å². The van der Waals surface area contributed by atoms with Crippen molar-refractivity contribution in [3.05, 3.63) is 0 Å². The van der Waals surface area contributed by atoms with Crippen LogP contribution in [0.25, 0.3) is 0 Å². The van der Waals surface area contributed by atoms with Gasteiger partial charge < -0.3 is 4.90 Å². The summed E-state index contributed by atoms with van der Waals surface area (Å²) >= 11 is 3.67. The zero-order chi connectivity index (χ0) is 10.0. The predicted molar refractivity (Wildman–Crippen MR) is 65.0 cm³/mol. The molecule has 0 aromatic rings. The molecule has 82 valence electrons. The summed E-state index contributed by atoms with van der Waals surface area (Å²) in [6.07, 6.45) is 8.62. The van der Waals surface area contributed by atoms with Gasteiger partial charge in [0.1, 0.15) is 0 Å². The summed E-state index contributed by atoms with van der Waals surface area (Å²) in [5.74, 6) is 0. The zero-order valence-corrected chi connectivity index (χ0v) is 10.9. The monoisotopic (exact) mass is 259 g/mol. The molecule has 1 nitrogen and oxygen atoms in total. The highest BCUT2D eigenvalue weighted by molar-refractivity contribution is 9.09. The first-order valence-electron chi connectivity index (χ1n) is 6.06. The van der Waals surface area contributed by atoms with Crippen LogP contribution in [0.15, 0.2) is 0 Å². The van der Waals surface area contributed by atoms with Gasteiger partial charge in [0.25, 0.3) is 0 Å². The maximum absolute atomic E-state index is 3.67. The Morgan fingerprint density at radius 1 is 1.29 bits per heavy atom. The lowest BCUT2D eigenvalue weighted by atomic mass is 10.1. The van der Waals surface area contributed by atoms with Crippen molar-refractivity contribution in [3.8, 4) is 0 Å². The number of alkyl halides is 1. The molecule has 0 radical (unpaired) electrons. The summed E-state index contributed by atoms with van der Waals surface area (Å²) < 4.78 is 0. The molecule has 0 N–H and O–H groups in total. The lowest BCUT2D eigenvalue weighted by molar-refractivity contribution is 0.180. The summed E-state index contributed by atoms with van der Waals surface area (Å²) in [4.78, 5) is 2.74. The number of nitrogens with zero attached hydrogens (tertiary/aromatic N) is 1. The molecule has 14 heavy (non-hydrogen) atoms. The molecule has 2 aliphatic rings. The van der Waals surface area contributed by atoms with Crippen LogP contribution in [0.2, 0.25) is 0 Å². The van der Waals surface area contributed by atoms with E-state index in [0.717, 1.165) is 6.04 Å². The van der Waals surface area contributed by atoms with Crippen LogP contribution < -0.4 is 0 Å². The normalized spacial score (nSPS) is 32.6. The largest absolute Gasteiger partial charge is 0.300 e. The smallest absolute Gasteiger partial charge is 0.0100 e. The second-order valence-electron chi connectivity index (χ2n) is 5.30. The Kier molecular flexibility index (Phi) is 3.54. The Balaban J connectivity index is 1.88. The molecule has 2 rings (SSSR count). The molecule has 0 amide bonds. The van der Waals surface area contributed by atoms with Gasteiger partial charge in [-0.25, -0.2) is 0 Å². The number of halogens is 1. The lowest BCUT2D eigenvalue weighted by Crippen LogP contribution is -2.37. The zero-order valence-electron chi connectivity index (χ0n) is 9.27. The SMILES string of the molecule is CC1CCCCCN1CC1(CBr)CC1. The number of hydrogen-bond donors (Lipinski definition) is 0. The molecule has 1 aliphatic carbocycles. The van der Waals surface area contributed by atoms with Crippen molar-refractivity contribution in [1.82, 2.24) is 4.90 Å². The van der Waals surface area contributed by atoms with Crippen molar-refractivity contribution in [1.29, 1.82) is 0 Å². The van der Waals surface area contributed by atoms with Gasteiger partial charge in [-0.1, -0.05) is 28.8 Å². The minimum absolute atomic E-state index is 0.665. The van der Waals surface area contributed by atoms with Crippen LogP contribution in [-0.2, 0) is 0 Å². The van der Waals surface area contributed by atoms with E-state index in [1.165, 1.54) is 56.9 Å². The second-order valence-corrected chi connectivity index (χ2v) is 5.86. The molecule has 1 saturated heterocycles. The Morgan fingerprint density at radius 3 is 2.71 bits per heavy atom. The summed E-state index contributed by atoms with van der Waals surface area (Å²) in [6.45, 7) is 5.10. The first-order valence-corrected chi connectivity index (χ1v) is 7.18. The molecule has 1 heterocycles. The van der Waals surface area contributed by atoms with Crippen LogP contribution in [0.3, 0.4) is 0 Å². The molecule has 0 bridgehead atoms. The molecule has 1 saturated carbocycles. The summed E-state index contributed by atoms with van der Waals surface area (Å²) in [7, 11) is 0. The summed E-state index contributed by atoms with van der Waals surface area (Å²) in [5, 5.41) is 1.21. The second kappa shape index (κ2) is 4.52. The van der Waals surface area contributed by atoms with Gasteiger partial charge in [0.05, 0.1) is 0 Å². The lowest BCUT2D eigenvalue weighted by Gasteiger charge is -2.30. The van der Waals surface area contributed by atoms with E-state index in [2.05, 4.69) is 27.8 Å². The Labute approximate surface area is 96.4 Å². The molecule has 0 spiro atoms. The van der Waals surface area contributed by atoms with E-state index >= 15 is 0 Å². The van der Waals surface area contributed by atoms with E-state index in [1.807, 2.05) is 0 Å². The van der Waals surface area contributed by atoms with Crippen molar-refractivity contribution in [2.45, 2.75) is 51.5 Å². The van der Waals surface area contributed by atoms with Crippen LogP contribution in [0, 0.1) is 5.41 Å². The molecular weight excluding hydrogens is 238 g/mol. The van der Waals surface area contributed by atoms with Gasteiger partial charge in [-0.15, -0.1) is 0 Å². The average molecular weight is 260 g/mol. The van der Waals surface area contributed by atoms with Gasteiger partial charge in [-0.05, 0) is 44.6 Å². The average Bonchev–Trinajstić information content (AvgIpc) is 2.97. The number of hydrogen-bond acceptors (Lipinski definition) is 1. The first-order chi connectivity index (χ1) is 6.76. The minimum atomic E-state index is 0.665. The minimum Gasteiger partial charge on any atom is -0.300 e. The van der Waals surface area contributed by atoms with E-state index in [4.69, 9.17) is 0 Å². The molecule has 0 aromatic heterocycles. The van der Waals surface area contributed by atoms with E-state index in [-0.39, 0.29) is 0 Å². The van der Waals surface area contributed by atoms with E-state index < -0.39 is 0 Å². The van der Waals surface area contributed by atoms with Gasteiger partial charge in [-0.2, -0.15) is 0 Å². The van der Waals surface area contributed by atoms with Crippen molar-refractivity contribution >= 4 is 15.9 Å². The van der Waals surface area contributed by atoms with Gasteiger partial charge in [0.15, 0.2) is 0 Å². The molecule has 1 unspecified atom stereocenters. The molecule has 2 heteroatoms. The molecule has 0 aromatic carbocycles. The number of rotatable bonds is 3. The van der Waals surface area contributed by atoms with E-state index in [0.29, 0.717) is 5.41 Å². The highest BCUT2D eigenvalue weighted by atomic mass is 79.9. The summed E-state index contributed by atoms with van der Waals surface area (Å²) in [6, 6.07) is 0.828. The van der Waals surface area contributed by atoms with Crippen LogP contribution >= 0.6 is 15.9 Å². The van der Waals surface area contributed by atoms with Gasteiger partial charge in [0, 0.05) is 17.9 Å². The third kappa shape index (κ3) is 2.52. The maximum atomic E-state index is 3.67. The fourth-order valence-electron chi connectivity index (χ4n) is 2.51.